The average molecular weight is 758 g/mol. The van der Waals surface area contributed by atoms with Gasteiger partial charge in [0.15, 0.2) is 6.10 Å². The maximum atomic E-state index is 12.6. The van der Waals surface area contributed by atoms with Crippen LogP contribution in [0.2, 0.25) is 0 Å². The lowest BCUT2D eigenvalue weighted by atomic mass is 10.0. The Hall–Kier alpha value is -1.48. The van der Waals surface area contributed by atoms with Gasteiger partial charge >= 0.3 is 5.97 Å². The van der Waals surface area contributed by atoms with E-state index in [9.17, 15) is 19.4 Å². The number of aliphatic hydroxyl groups excluding tert-OH is 1. The molecule has 3 atom stereocenters. The lowest BCUT2D eigenvalue weighted by Crippen LogP contribution is -2.37. The van der Waals surface area contributed by atoms with Gasteiger partial charge in [0.25, 0.3) is 7.82 Å². The normalized spacial score (nSPS) is 14.8. The molecule has 52 heavy (non-hydrogen) atoms. The number of unbranched alkanes of at least 4 members (excludes halogenated alkanes) is 19. The number of likely N-dealkylation sites (N-methyl/N-ethyl adjacent to an activating group) is 1. The predicted octanol–water partition coefficient (Wildman–Crippen LogP) is 10.5. The molecule has 0 aromatic heterocycles. The van der Waals surface area contributed by atoms with E-state index in [1.807, 2.05) is 45.4 Å². The number of rotatable bonds is 38. The van der Waals surface area contributed by atoms with Crippen LogP contribution in [0.25, 0.3) is 0 Å². The number of allylic oxidation sites excluding steroid dienone is 4. The van der Waals surface area contributed by atoms with Crippen molar-refractivity contribution in [2.45, 2.75) is 180 Å². The second kappa shape index (κ2) is 35.2. The molecular formula is C42H80NO8P. The Morgan fingerprint density at radius 1 is 0.712 bits per heavy atom. The lowest BCUT2D eigenvalue weighted by molar-refractivity contribution is -0.870. The number of carbonyl (C=O) groups excluding carboxylic acids is 1. The summed E-state index contributed by atoms with van der Waals surface area (Å²) in [5, 5.41) is 10.2. The number of phosphoric ester groups is 1. The fourth-order valence-corrected chi connectivity index (χ4v) is 6.26. The Morgan fingerprint density at radius 3 is 1.88 bits per heavy atom. The molecule has 0 fully saturated rings. The van der Waals surface area contributed by atoms with Crippen molar-refractivity contribution in [1.29, 1.82) is 0 Å². The van der Waals surface area contributed by atoms with Gasteiger partial charge in [-0.05, 0) is 44.6 Å². The number of hydrogen-bond donors (Lipinski definition) is 1. The van der Waals surface area contributed by atoms with E-state index in [2.05, 4.69) is 19.9 Å². The molecule has 9 nitrogen and oxygen atoms in total. The van der Waals surface area contributed by atoms with Crippen molar-refractivity contribution < 1.29 is 42.4 Å². The maximum Gasteiger partial charge on any atom is 0.306 e. The third-order valence-electron chi connectivity index (χ3n) is 8.86. The largest absolute Gasteiger partial charge is 0.756 e. The van der Waals surface area contributed by atoms with Gasteiger partial charge < -0.3 is 33.0 Å². The predicted molar refractivity (Wildman–Crippen MR) is 214 cm³/mol. The number of esters is 1. The molecule has 0 aliphatic carbocycles. The van der Waals surface area contributed by atoms with E-state index >= 15 is 0 Å². The topological polar surface area (TPSA) is 114 Å². The van der Waals surface area contributed by atoms with Crippen molar-refractivity contribution in [3.8, 4) is 0 Å². The minimum atomic E-state index is -4.56. The van der Waals surface area contributed by atoms with Gasteiger partial charge in [0.1, 0.15) is 19.8 Å². The van der Waals surface area contributed by atoms with Crippen LogP contribution in [-0.4, -0.2) is 75.3 Å². The average Bonchev–Trinajstić information content (AvgIpc) is 3.08. The first-order chi connectivity index (χ1) is 25.0. The molecule has 0 aliphatic heterocycles. The number of ether oxygens (including phenoxy) is 2. The lowest BCUT2D eigenvalue weighted by Gasteiger charge is -2.28. The van der Waals surface area contributed by atoms with Gasteiger partial charge in [-0.2, -0.15) is 0 Å². The van der Waals surface area contributed by atoms with Gasteiger partial charge in [-0.15, -0.1) is 0 Å². The summed E-state index contributed by atoms with van der Waals surface area (Å²) in [4.78, 5) is 25.0. The van der Waals surface area contributed by atoms with Crippen LogP contribution >= 0.6 is 7.82 Å². The van der Waals surface area contributed by atoms with Gasteiger partial charge in [0.05, 0.1) is 40.1 Å². The molecule has 0 rings (SSSR count). The smallest absolute Gasteiger partial charge is 0.306 e. The van der Waals surface area contributed by atoms with Crippen molar-refractivity contribution in [2.75, 3.05) is 47.5 Å². The standard InChI is InChI=1S/C42H80NO8P/c1-6-8-10-12-14-15-16-17-18-19-20-22-27-31-36-48-38-41(39-50-52(46,47)49-37-35-43(3,4)5)51-42(45)34-30-26-23-25-29-33-40(44)32-28-24-21-13-11-9-7-2/h21,24,28,31-32,36,40-41,44H,6-20,22-23,25-27,29-30,33-35,37-39H2,1-5H3/b24-21-,32-28+,36-31-. The van der Waals surface area contributed by atoms with Crippen LogP contribution in [0.15, 0.2) is 36.6 Å². The molecule has 0 heterocycles. The highest BCUT2D eigenvalue weighted by molar-refractivity contribution is 7.45. The van der Waals surface area contributed by atoms with Crippen LogP contribution in [0.1, 0.15) is 168 Å². The third-order valence-corrected chi connectivity index (χ3v) is 9.83. The van der Waals surface area contributed by atoms with E-state index in [1.165, 1.54) is 89.9 Å². The van der Waals surface area contributed by atoms with Crippen LogP contribution in [0.4, 0.5) is 0 Å². The summed E-state index contributed by atoms with van der Waals surface area (Å²) >= 11 is 0. The highest BCUT2D eigenvalue weighted by Crippen LogP contribution is 2.38. The fraction of sp³-hybridized carbons (Fsp3) is 0.833. The summed E-state index contributed by atoms with van der Waals surface area (Å²) in [5.41, 5.74) is 0. The van der Waals surface area contributed by atoms with Crippen molar-refractivity contribution in [3.63, 3.8) is 0 Å². The van der Waals surface area contributed by atoms with Crippen LogP contribution in [-0.2, 0) is 27.9 Å². The molecule has 0 saturated heterocycles. The van der Waals surface area contributed by atoms with Crippen molar-refractivity contribution in [3.05, 3.63) is 36.6 Å². The zero-order chi connectivity index (χ0) is 38.6. The monoisotopic (exact) mass is 758 g/mol. The quantitative estimate of drug-likeness (QED) is 0.0165. The Bertz CT molecular complexity index is 949. The van der Waals surface area contributed by atoms with E-state index in [0.29, 0.717) is 17.4 Å². The van der Waals surface area contributed by atoms with Gasteiger partial charge in [0, 0.05) is 6.42 Å². The molecule has 306 valence electrons. The maximum absolute atomic E-state index is 12.6. The molecule has 0 aliphatic rings. The Balaban J connectivity index is 4.41. The van der Waals surface area contributed by atoms with Gasteiger partial charge in [-0.1, -0.05) is 147 Å². The molecule has 0 aromatic rings. The molecular weight excluding hydrogens is 677 g/mol. The minimum absolute atomic E-state index is 0.000701. The summed E-state index contributed by atoms with van der Waals surface area (Å²) in [6.45, 7) is 4.57. The molecule has 0 bridgehead atoms. The Labute approximate surface area is 319 Å². The zero-order valence-electron chi connectivity index (χ0n) is 34.1. The highest BCUT2D eigenvalue weighted by atomic mass is 31.2. The Kier molecular flexibility index (Phi) is 34.2. The minimum Gasteiger partial charge on any atom is -0.756 e. The SMILES string of the molecule is CCCCC/C=C\C=C\C(O)CCCCCCCC(=O)OC(CO/C=C\CCCCCCCCCCCCCC)COP(=O)([O-])OCC[N+](C)(C)C. The van der Waals surface area contributed by atoms with E-state index in [1.54, 1.807) is 6.26 Å². The second-order valence-corrected chi connectivity index (χ2v) is 16.7. The first kappa shape index (κ1) is 50.5. The second-order valence-electron chi connectivity index (χ2n) is 15.3. The summed E-state index contributed by atoms with van der Waals surface area (Å²) in [6.07, 6.45) is 36.9. The third kappa shape index (κ3) is 38.3. The van der Waals surface area contributed by atoms with Crippen LogP contribution in [0, 0.1) is 0 Å². The number of aliphatic hydroxyl groups is 1. The molecule has 0 aromatic carbocycles. The van der Waals surface area contributed by atoms with E-state index in [0.717, 1.165) is 51.4 Å². The summed E-state index contributed by atoms with van der Waals surface area (Å²) in [5.74, 6) is -0.410. The van der Waals surface area contributed by atoms with Crippen LogP contribution in [0.5, 0.6) is 0 Å². The first-order valence-electron chi connectivity index (χ1n) is 20.9. The number of hydrogen-bond acceptors (Lipinski definition) is 8. The first-order valence-corrected chi connectivity index (χ1v) is 22.3. The molecule has 0 amide bonds. The summed E-state index contributed by atoms with van der Waals surface area (Å²) in [7, 11) is 1.26. The van der Waals surface area contributed by atoms with Gasteiger partial charge in [-0.3, -0.25) is 9.36 Å². The van der Waals surface area contributed by atoms with E-state index in [4.69, 9.17) is 18.5 Å². The summed E-state index contributed by atoms with van der Waals surface area (Å²) < 4.78 is 34.2. The summed E-state index contributed by atoms with van der Waals surface area (Å²) in [6, 6.07) is 0. The number of phosphoric acid groups is 1. The molecule has 0 radical (unpaired) electrons. The molecule has 1 N–H and O–H groups in total. The number of carbonyl (C=O) groups is 1. The fourth-order valence-electron chi connectivity index (χ4n) is 5.53. The molecule has 0 saturated carbocycles. The van der Waals surface area contributed by atoms with E-state index < -0.39 is 26.0 Å². The van der Waals surface area contributed by atoms with Crippen LogP contribution < -0.4 is 4.89 Å². The number of nitrogens with zero attached hydrogens (tertiary/aromatic N) is 1. The van der Waals surface area contributed by atoms with Crippen molar-refractivity contribution in [2.24, 2.45) is 0 Å². The highest BCUT2D eigenvalue weighted by Gasteiger charge is 2.20. The van der Waals surface area contributed by atoms with Gasteiger partial charge in [-0.25, -0.2) is 0 Å². The Morgan fingerprint density at radius 2 is 1.25 bits per heavy atom. The van der Waals surface area contributed by atoms with Crippen LogP contribution in [0.3, 0.4) is 0 Å². The van der Waals surface area contributed by atoms with E-state index in [-0.39, 0.29) is 26.2 Å². The molecule has 0 spiro atoms. The molecule has 3 unspecified atom stereocenters. The molecule has 10 heteroatoms. The van der Waals surface area contributed by atoms with Gasteiger partial charge in [0.2, 0.25) is 0 Å². The zero-order valence-corrected chi connectivity index (χ0v) is 35.0. The number of quaternary nitrogens is 1. The van der Waals surface area contributed by atoms with Crippen molar-refractivity contribution in [1.82, 2.24) is 0 Å². The van der Waals surface area contributed by atoms with Crippen molar-refractivity contribution >= 4 is 13.8 Å².